The smallest absolute Gasteiger partial charge is 0.312 e. The van der Waals surface area contributed by atoms with Crippen molar-refractivity contribution in [3.05, 3.63) is 40.4 Å². The fourth-order valence-corrected chi connectivity index (χ4v) is 3.70. The Bertz CT molecular complexity index is 878. The van der Waals surface area contributed by atoms with Crippen molar-refractivity contribution in [1.29, 1.82) is 0 Å². The molecule has 1 aliphatic rings. The Morgan fingerprint density at radius 1 is 1.33 bits per heavy atom. The molecule has 142 valence electrons. The lowest BCUT2D eigenvalue weighted by Gasteiger charge is -2.10. The molecule has 0 aliphatic carbocycles. The summed E-state index contributed by atoms with van der Waals surface area (Å²) >= 11 is 1.33. The number of carbonyl (C=O) groups excluding carboxylic acids is 3. The number of aryl methyl sites for hydroxylation is 2. The molecule has 0 spiro atoms. The molecule has 2 amide bonds. The van der Waals surface area contributed by atoms with E-state index in [1.807, 2.05) is 32.0 Å². The zero-order valence-electron chi connectivity index (χ0n) is 15.3. The molecule has 27 heavy (non-hydrogen) atoms. The summed E-state index contributed by atoms with van der Waals surface area (Å²) in [7, 11) is 0. The van der Waals surface area contributed by atoms with E-state index in [1.54, 1.807) is 10.3 Å². The molecular weight excluding hydrogens is 366 g/mol. The van der Waals surface area contributed by atoms with Gasteiger partial charge in [-0.05, 0) is 31.9 Å². The van der Waals surface area contributed by atoms with E-state index < -0.39 is 11.9 Å². The Kier molecular flexibility index (Phi) is 5.85. The molecule has 0 saturated carbocycles. The number of aromatic nitrogens is 1. The lowest BCUT2D eigenvalue weighted by molar-refractivity contribution is -0.146. The summed E-state index contributed by atoms with van der Waals surface area (Å²) in [6.45, 7) is 4.19. The van der Waals surface area contributed by atoms with Gasteiger partial charge in [0.15, 0.2) is 11.7 Å². The summed E-state index contributed by atoms with van der Waals surface area (Å²) in [6.07, 6.45) is 1.33. The van der Waals surface area contributed by atoms with Crippen LogP contribution in [-0.4, -0.2) is 35.9 Å². The lowest BCUT2D eigenvalue weighted by atomic mass is 10.1. The maximum Gasteiger partial charge on any atom is 0.312 e. The first-order valence-electron chi connectivity index (χ1n) is 8.70. The van der Waals surface area contributed by atoms with E-state index in [0.29, 0.717) is 29.5 Å². The minimum absolute atomic E-state index is 0.0324. The van der Waals surface area contributed by atoms with Crippen LogP contribution in [0.15, 0.2) is 23.6 Å². The topological polar surface area (TPSA) is 88.6 Å². The number of benzene rings is 1. The number of ether oxygens (including phenoxy) is 1. The summed E-state index contributed by atoms with van der Waals surface area (Å²) in [4.78, 5) is 41.6. The van der Waals surface area contributed by atoms with Gasteiger partial charge in [-0.15, -0.1) is 11.3 Å². The van der Waals surface area contributed by atoms with Crippen LogP contribution in [-0.2, 0) is 25.5 Å². The van der Waals surface area contributed by atoms with Crippen molar-refractivity contribution in [2.45, 2.75) is 33.1 Å². The molecular formula is C19H21N3O4S. The molecule has 1 aromatic carbocycles. The van der Waals surface area contributed by atoms with Crippen LogP contribution in [0.2, 0.25) is 0 Å². The molecule has 1 saturated heterocycles. The summed E-state index contributed by atoms with van der Waals surface area (Å²) in [5.41, 5.74) is 3.28. The quantitative estimate of drug-likeness (QED) is 0.770. The number of nitrogens with zero attached hydrogens (tertiary/aromatic N) is 2. The number of hydrogen-bond acceptors (Lipinski definition) is 6. The predicted octanol–water partition coefficient (Wildman–Crippen LogP) is 2.61. The molecule has 3 rings (SSSR count). The van der Waals surface area contributed by atoms with Gasteiger partial charge in [-0.1, -0.05) is 17.7 Å². The number of anilines is 2. The van der Waals surface area contributed by atoms with Crippen LogP contribution in [0.3, 0.4) is 0 Å². The van der Waals surface area contributed by atoms with E-state index in [-0.39, 0.29) is 18.9 Å². The first kappa shape index (κ1) is 19.0. The number of carbonyl (C=O) groups is 3. The average molecular weight is 387 g/mol. The first-order chi connectivity index (χ1) is 12.9. The Labute approximate surface area is 161 Å². The fourth-order valence-electron chi connectivity index (χ4n) is 2.84. The van der Waals surface area contributed by atoms with E-state index in [9.17, 15) is 14.4 Å². The van der Waals surface area contributed by atoms with Gasteiger partial charge < -0.3 is 10.1 Å². The number of hydrogen-bond donors (Lipinski definition) is 1. The minimum Gasteiger partial charge on any atom is -0.455 e. The molecule has 1 N–H and O–H groups in total. The van der Waals surface area contributed by atoms with Crippen LogP contribution in [0.4, 0.5) is 10.8 Å². The summed E-state index contributed by atoms with van der Waals surface area (Å²) in [6, 6.07) is 5.69. The van der Waals surface area contributed by atoms with Crippen molar-refractivity contribution < 1.29 is 19.1 Å². The second kappa shape index (κ2) is 8.30. The van der Waals surface area contributed by atoms with Crippen LogP contribution in [0.25, 0.3) is 0 Å². The van der Waals surface area contributed by atoms with E-state index in [1.165, 1.54) is 11.3 Å². The summed E-state index contributed by atoms with van der Waals surface area (Å²) in [5, 5.41) is 5.07. The fraction of sp³-hybridized carbons (Fsp3) is 0.368. The third kappa shape index (κ3) is 4.91. The van der Waals surface area contributed by atoms with Crippen molar-refractivity contribution in [3.8, 4) is 0 Å². The maximum atomic E-state index is 12.0. The van der Waals surface area contributed by atoms with Crippen molar-refractivity contribution >= 4 is 39.9 Å². The highest BCUT2D eigenvalue weighted by Gasteiger charge is 2.24. The van der Waals surface area contributed by atoms with Gasteiger partial charge in [0.2, 0.25) is 5.91 Å². The molecule has 7 nitrogen and oxygen atoms in total. The predicted molar refractivity (Wildman–Crippen MR) is 103 cm³/mol. The Hall–Kier alpha value is -2.74. The SMILES string of the molecule is Cc1ccc(NC(=O)COC(=O)Cc2csc(N3CCCC3=O)n2)c(C)c1. The number of nitrogens with one attached hydrogen (secondary N) is 1. The second-order valence-electron chi connectivity index (χ2n) is 6.47. The van der Waals surface area contributed by atoms with Crippen molar-refractivity contribution in [3.63, 3.8) is 0 Å². The monoisotopic (exact) mass is 387 g/mol. The van der Waals surface area contributed by atoms with Gasteiger partial charge in [-0.3, -0.25) is 19.3 Å². The maximum absolute atomic E-state index is 12.0. The molecule has 1 fully saturated rings. The molecule has 2 aromatic rings. The lowest BCUT2D eigenvalue weighted by Crippen LogP contribution is -2.23. The largest absolute Gasteiger partial charge is 0.455 e. The van der Waals surface area contributed by atoms with Crippen molar-refractivity contribution in [1.82, 2.24) is 4.98 Å². The molecule has 0 radical (unpaired) electrons. The Morgan fingerprint density at radius 2 is 2.15 bits per heavy atom. The zero-order valence-corrected chi connectivity index (χ0v) is 16.1. The summed E-state index contributed by atoms with van der Waals surface area (Å²) < 4.78 is 5.03. The van der Waals surface area contributed by atoms with E-state index in [0.717, 1.165) is 17.5 Å². The van der Waals surface area contributed by atoms with Crippen LogP contribution >= 0.6 is 11.3 Å². The number of thiazole rings is 1. The van der Waals surface area contributed by atoms with Crippen molar-refractivity contribution in [2.75, 3.05) is 23.4 Å². The van der Waals surface area contributed by atoms with Gasteiger partial charge in [-0.2, -0.15) is 0 Å². The van der Waals surface area contributed by atoms with Crippen molar-refractivity contribution in [2.24, 2.45) is 0 Å². The van der Waals surface area contributed by atoms with Crippen LogP contribution in [0.5, 0.6) is 0 Å². The van der Waals surface area contributed by atoms with Gasteiger partial charge in [0, 0.05) is 24.0 Å². The van der Waals surface area contributed by atoms with Gasteiger partial charge in [0.25, 0.3) is 5.91 Å². The molecule has 8 heteroatoms. The third-order valence-corrected chi connectivity index (χ3v) is 5.10. The van der Waals surface area contributed by atoms with E-state index in [2.05, 4.69) is 10.3 Å². The number of esters is 1. The van der Waals surface area contributed by atoms with Crippen LogP contribution < -0.4 is 10.2 Å². The van der Waals surface area contributed by atoms with Gasteiger partial charge >= 0.3 is 5.97 Å². The normalized spacial score (nSPS) is 13.7. The van der Waals surface area contributed by atoms with Gasteiger partial charge in [-0.25, -0.2) is 4.98 Å². The third-order valence-electron chi connectivity index (χ3n) is 4.19. The Balaban J connectivity index is 1.47. The average Bonchev–Trinajstić information content (AvgIpc) is 3.24. The molecule has 1 aliphatic heterocycles. The van der Waals surface area contributed by atoms with Gasteiger partial charge in [0.1, 0.15) is 0 Å². The number of amides is 2. The minimum atomic E-state index is -0.532. The van der Waals surface area contributed by atoms with E-state index in [4.69, 9.17) is 4.74 Å². The van der Waals surface area contributed by atoms with Crippen LogP contribution in [0, 0.1) is 13.8 Å². The molecule has 0 atom stereocenters. The highest BCUT2D eigenvalue weighted by atomic mass is 32.1. The standard InChI is InChI=1S/C19H21N3O4S/c1-12-5-6-15(13(2)8-12)21-16(23)10-26-18(25)9-14-11-27-19(20-14)22-7-3-4-17(22)24/h5-6,8,11H,3-4,7,9-10H2,1-2H3,(H,21,23). The summed E-state index contributed by atoms with van der Waals surface area (Å²) in [5.74, 6) is -0.867. The first-order valence-corrected chi connectivity index (χ1v) is 9.58. The molecule has 0 unspecified atom stereocenters. The van der Waals surface area contributed by atoms with Gasteiger partial charge in [0.05, 0.1) is 12.1 Å². The molecule has 1 aromatic heterocycles. The molecule has 0 bridgehead atoms. The zero-order chi connectivity index (χ0) is 19.4. The van der Waals surface area contributed by atoms with E-state index >= 15 is 0 Å². The van der Waals surface area contributed by atoms with Crippen LogP contribution in [0.1, 0.15) is 29.7 Å². The Morgan fingerprint density at radius 3 is 2.85 bits per heavy atom. The highest BCUT2D eigenvalue weighted by Crippen LogP contribution is 2.25. The number of rotatable bonds is 6. The second-order valence-corrected chi connectivity index (χ2v) is 7.31. The molecule has 2 heterocycles. The highest BCUT2D eigenvalue weighted by molar-refractivity contribution is 7.14.